The maximum absolute atomic E-state index is 13.0. The molecule has 0 N–H and O–H groups in total. The van der Waals surface area contributed by atoms with Crippen LogP contribution in [-0.2, 0) is 13.2 Å². The minimum Gasteiger partial charge on any atom is -0.472 e. The predicted molar refractivity (Wildman–Crippen MR) is 100 cm³/mol. The third-order valence-corrected chi connectivity index (χ3v) is 5.18. The highest BCUT2D eigenvalue weighted by Crippen LogP contribution is 2.36. The van der Waals surface area contributed by atoms with Crippen molar-refractivity contribution < 1.29 is 39.9 Å². The van der Waals surface area contributed by atoms with Crippen LogP contribution in [0.2, 0.25) is 0 Å². The molecule has 0 amide bonds. The van der Waals surface area contributed by atoms with E-state index >= 15 is 0 Å². The highest BCUT2D eigenvalue weighted by atomic mass is 127. The molecule has 0 saturated heterocycles. The summed E-state index contributed by atoms with van der Waals surface area (Å²) in [5.41, 5.74) is -1.77. The van der Waals surface area contributed by atoms with E-state index in [0.717, 1.165) is 33.5 Å². The first-order chi connectivity index (χ1) is 14.1. The lowest BCUT2D eigenvalue weighted by molar-refractivity contribution is -0.290. The molecule has 0 spiro atoms. The Morgan fingerprint density at radius 2 is 1.71 bits per heavy atom. The van der Waals surface area contributed by atoms with E-state index in [1.165, 1.54) is 7.05 Å². The lowest BCUT2D eigenvalue weighted by atomic mass is 10.2. The van der Waals surface area contributed by atoms with Crippen molar-refractivity contribution in [2.75, 3.05) is 6.61 Å². The topological polar surface area (TPSA) is 48.5 Å². The lowest BCUT2D eigenvalue weighted by Crippen LogP contribution is -2.42. The summed E-state index contributed by atoms with van der Waals surface area (Å²) in [5, 5.41) is 0. The summed E-state index contributed by atoms with van der Waals surface area (Å²) in [6, 6.07) is 2.62. The number of hydrogen-bond donors (Lipinski definition) is 0. The number of alkyl halides is 8. The summed E-state index contributed by atoms with van der Waals surface area (Å²) in [5.74, 6) is -5.69. The van der Waals surface area contributed by atoms with Gasteiger partial charge < -0.3 is 9.30 Å². The van der Waals surface area contributed by atoms with Gasteiger partial charge in [0, 0.05) is 25.5 Å². The molecule has 0 unspecified atom stereocenters. The van der Waals surface area contributed by atoms with Gasteiger partial charge in [0.2, 0.25) is 0 Å². The van der Waals surface area contributed by atoms with Crippen LogP contribution in [0, 0.1) is 3.70 Å². The molecule has 3 aromatic rings. The first-order valence-electron chi connectivity index (χ1n) is 8.15. The number of nitrogens with zero attached hydrogens (tertiary/aromatic N) is 3. The molecule has 168 valence electrons. The van der Waals surface area contributed by atoms with Crippen molar-refractivity contribution in [1.29, 1.82) is 0 Å². The van der Waals surface area contributed by atoms with Crippen molar-refractivity contribution in [3.05, 3.63) is 50.1 Å². The Morgan fingerprint density at radius 3 is 2.29 bits per heavy atom. The summed E-state index contributed by atoms with van der Waals surface area (Å²) in [4.78, 5) is 16.6. The van der Waals surface area contributed by atoms with E-state index < -0.39 is 41.8 Å². The average Bonchev–Trinajstić information content (AvgIpc) is 2.96. The molecule has 3 heterocycles. The number of imidazole rings is 1. The van der Waals surface area contributed by atoms with Gasteiger partial charge in [-0.05, 0) is 34.7 Å². The van der Waals surface area contributed by atoms with Crippen molar-refractivity contribution in [1.82, 2.24) is 14.0 Å². The molecular formula is C17H10F8IN3O2. The number of ether oxygens (including phenoxy) is 1. The van der Waals surface area contributed by atoms with Crippen LogP contribution in [0.25, 0.3) is 16.9 Å². The summed E-state index contributed by atoms with van der Waals surface area (Å²) >= 11 is 1.68. The average molecular weight is 567 g/mol. The highest BCUT2D eigenvalue weighted by Gasteiger charge is 2.58. The van der Waals surface area contributed by atoms with Crippen LogP contribution in [0.4, 0.5) is 35.1 Å². The second kappa shape index (κ2) is 7.63. The quantitative estimate of drug-likeness (QED) is 0.333. The molecule has 0 bridgehead atoms. The Morgan fingerprint density at radius 1 is 1.06 bits per heavy atom. The van der Waals surface area contributed by atoms with Gasteiger partial charge in [0.1, 0.15) is 15.0 Å². The van der Waals surface area contributed by atoms with Crippen molar-refractivity contribution in [3.8, 4) is 17.1 Å². The van der Waals surface area contributed by atoms with Crippen LogP contribution in [-0.4, -0.2) is 32.7 Å². The molecular weight excluding hydrogens is 557 g/mol. The zero-order valence-corrected chi connectivity index (χ0v) is 17.3. The van der Waals surface area contributed by atoms with E-state index in [2.05, 4.69) is 9.72 Å². The van der Waals surface area contributed by atoms with Crippen LogP contribution >= 0.6 is 22.6 Å². The normalized spacial score (nSPS) is 13.1. The number of aromatic nitrogens is 3. The fourth-order valence-electron chi connectivity index (χ4n) is 2.54. The predicted octanol–water partition coefficient (Wildman–Crippen LogP) is 4.90. The van der Waals surface area contributed by atoms with Crippen LogP contribution in [0.1, 0.15) is 5.56 Å². The largest absolute Gasteiger partial charge is 0.472 e. The molecule has 14 heteroatoms. The Kier molecular flexibility index (Phi) is 5.73. The van der Waals surface area contributed by atoms with Crippen LogP contribution in [0.5, 0.6) is 5.88 Å². The molecule has 0 aliphatic heterocycles. The van der Waals surface area contributed by atoms with E-state index in [1.807, 2.05) is 0 Å². The SMILES string of the molecule is Cn1cc(-c2nc3ccc(C(F)(F)F)cn3c2I)c(=O)cc1OCC(F)(F)C(F)(F)F. The van der Waals surface area contributed by atoms with E-state index in [0.29, 0.717) is 6.07 Å². The van der Waals surface area contributed by atoms with Crippen molar-refractivity contribution in [2.45, 2.75) is 18.3 Å². The molecule has 0 aliphatic rings. The number of rotatable bonds is 4. The minimum absolute atomic E-state index is 0.00713. The van der Waals surface area contributed by atoms with Crippen LogP contribution in [0.3, 0.4) is 0 Å². The van der Waals surface area contributed by atoms with Gasteiger partial charge in [0.25, 0.3) is 0 Å². The van der Waals surface area contributed by atoms with Gasteiger partial charge in [-0.2, -0.15) is 35.1 Å². The van der Waals surface area contributed by atoms with Crippen LogP contribution in [0.15, 0.2) is 35.4 Å². The minimum atomic E-state index is -5.83. The number of pyridine rings is 2. The third-order valence-electron chi connectivity index (χ3n) is 4.15. The number of aryl methyl sites for hydroxylation is 1. The van der Waals surface area contributed by atoms with E-state index in [-0.39, 0.29) is 20.6 Å². The molecule has 0 aromatic carbocycles. The van der Waals surface area contributed by atoms with E-state index in [4.69, 9.17) is 0 Å². The summed E-state index contributed by atoms with van der Waals surface area (Å²) in [6.07, 6.45) is -8.55. The molecule has 5 nitrogen and oxygen atoms in total. The molecule has 0 radical (unpaired) electrons. The summed E-state index contributed by atoms with van der Waals surface area (Å²) in [6.45, 7) is -2.03. The van der Waals surface area contributed by atoms with Gasteiger partial charge in [-0.15, -0.1) is 0 Å². The number of fused-ring (bicyclic) bond motifs is 1. The van der Waals surface area contributed by atoms with Gasteiger partial charge in [-0.3, -0.25) is 9.20 Å². The fourth-order valence-corrected chi connectivity index (χ4v) is 3.33. The summed E-state index contributed by atoms with van der Waals surface area (Å²) in [7, 11) is 1.23. The zero-order valence-electron chi connectivity index (χ0n) is 15.2. The number of hydrogen-bond acceptors (Lipinski definition) is 3. The Balaban J connectivity index is 1.99. The lowest BCUT2D eigenvalue weighted by Gasteiger charge is -2.20. The molecule has 0 fully saturated rings. The Bertz CT molecular complexity index is 1200. The maximum atomic E-state index is 13.0. The van der Waals surface area contributed by atoms with Crippen molar-refractivity contribution >= 4 is 28.2 Å². The first-order valence-corrected chi connectivity index (χ1v) is 9.23. The van der Waals surface area contributed by atoms with Crippen molar-refractivity contribution in [3.63, 3.8) is 0 Å². The molecule has 0 atom stereocenters. The summed E-state index contributed by atoms with van der Waals surface area (Å²) < 4.78 is 108. The fraction of sp³-hybridized carbons (Fsp3) is 0.294. The van der Waals surface area contributed by atoms with Gasteiger partial charge in [-0.1, -0.05) is 0 Å². The number of halogens is 9. The molecule has 3 rings (SSSR count). The second-order valence-corrected chi connectivity index (χ2v) is 7.41. The Labute approximate surface area is 181 Å². The van der Waals surface area contributed by atoms with Crippen LogP contribution < -0.4 is 10.2 Å². The monoisotopic (exact) mass is 567 g/mol. The standard InChI is InChI=1S/C17H10F8IN3O2/c1-28-6-9(10(30)4-12(28)31-7-15(18,19)17(23,24)25)13-14(26)29-5-8(16(20,21)22)2-3-11(29)27-13/h2-6H,7H2,1H3. The van der Waals surface area contributed by atoms with Gasteiger partial charge in [0.15, 0.2) is 17.9 Å². The Hall–Kier alpha value is -2.39. The van der Waals surface area contributed by atoms with Gasteiger partial charge in [0.05, 0.1) is 11.1 Å². The molecule has 0 aliphatic carbocycles. The molecule has 0 saturated carbocycles. The van der Waals surface area contributed by atoms with E-state index in [9.17, 15) is 39.9 Å². The molecule has 31 heavy (non-hydrogen) atoms. The third kappa shape index (κ3) is 4.48. The van der Waals surface area contributed by atoms with Gasteiger partial charge >= 0.3 is 18.3 Å². The second-order valence-electron chi connectivity index (χ2n) is 6.39. The van der Waals surface area contributed by atoms with Crippen molar-refractivity contribution in [2.24, 2.45) is 7.05 Å². The smallest absolute Gasteiger partial charge is 0.456 e. The van der Waals surface area contributed by atoms with Gasteiger partial charge in [-0.25, -0.2) is 4.98 Å². The first kappa shape index (κ1) is 23.3. The molecule has 3 aromatic heterocycles. The zero-order chi connectivity index (χ0) is 23.4. The maximum Gasteiger partial charge on any atom is 0.456 e. The highest BCUT2D eigenvalue weighted by molar-refractivity contribution is 14.1. The van der Waals surface area contributed by atoms with E-state index in [1.54, 1.807) is 22.6 Å².